The van der Waals surface area contributed by atoms with Crippen molar-refractivity contribution in [3.05, 3.63) is 23.1 Å². The van der Waals surface area contributed by atoms with Crippen molar-refractivity contribution in [3.8, 4) is 0 Å². The van der Waals surface area contributed by atoms with Crippen LogP contribution < -0.4 is 0 Å². The minimum absolute atomic E-state index is 1.03. The lowest BCUT2D eigenvalue weighted by atomic mass is 10.1. The molecule has 0 spiro atoms. The van der Waals surface area contributed by atoms with Gasteiger partial charge in [0.05, 0.1) is 5.76 Å². The monoisotopic (exact) mass is 226 g/mol. The summed E-state index contributed by atoms with van der Waals surface area (Å²) in [6.07, 6.45) is 8.07. The highest BCUT2D eigenvalue weighted by atomic mass is 28.4. The molecule has 0 bridgehead atoms. The van der Waals surface area contributed by atoms with Gasteiger partial charge in [-0.1, -0.05) is 12.5 Å². The zero-order chi connectivity index (χ0) is 10.7. The maximum Gasteiger partial charge on any atom is 0.594 e. The Bertz CT molecular complexity index is 292. The summed E-state index contributed by atoms with van der Waals surface area (Å²) in [5.41, 5.74) is 3.32. The van der Waals surface area contributed by atoms with Crippen LogP contribution in [0.4, 0.5) is 0 Å². The third-order valence-corrected chi connectivity index (χ3v) is 5.28. The molecular formula is C11H18O3Si. The summed E-state index contributed by atoms with van der Waals surface area (Å²) in [7, 11) is 0.811. The zero-order valence-corrected chi connectivity index (χ0v) is 10.4. The fourth-order valence-electron chi connectivity index (χ4n) is 2.08. The van der Waals surface area contributed by atoms with Crippen LogP contribution in [0.25, 0.3) is 0 Å². The summed E-state index contributed by atoms with van der Waals surface area (Å²) >= 11 is 0. The summed E-state index contributed by atoms with van der Waals surface area (Å²) in [5.74, 6) is 1.10. The van der Waals surface area contributed by atoms with Crippen molar-refractivity contribution >= 4 is 8.80 Å². The Hall–Kier alpha value is -0.583. The second-order valence-corrected chi connectivity index (χ2v) is 6.52. The number of hydrogen-bond donors (Lipinski definition) is 0. The van der Waals surface area contributed by atoms with Crippen LogP contribution in [0, 0.1) is 0 Å². The molecule has 0 fully saturated rings. The molecule has 4 heteroatoms. The molecule has 2 rings (SSSR count). The van der Waals surface area contributed by atoms with Crippen molar-refractivity contribution in [1.82, 2.24) is 0 Å². The smallest absolute Gasteiger partial charge is 0.501 e. The Balaban J connectivity index is 2.19. The van der Waals surface area contributed by atoms with E-state index in [1.165, 1.54) is 24.8 Å². The third-order valence-electron chi connectivity index (χ3n) is 3.03. The van der Waals surface area contributed by atoms with Gasteiger partial charge in [-0.25, -0.2) is 0 Å². The number of rotatable bonds is 2. The van der Waals surface area contributed by atoms with Gasteiger partial charge in [0.1, 0.15) is 0 Å². The molecule has 1 heterocycles. The van der Waals surface area contributed by atoms with Crippen LogP contribution in [0.2, 0.25) is 0 Å². The van der Waals surface area contributed by atoms with Gasteiger partial charge < -0.3 is 13.3 Å². The fraction of sp³-hybridized carbons (Fsp3) is 0.636. The summed E-state index contributed by atoms with van der Waals surface area (Å²) in [6, 6.07) is 0. The molecular weight excluding hydrogens is 208 g/mol. The number of allylic oxidation sites excluding steroid dienone is 3. The Morgan fingerprint density at radius 3 is 2.60 bits per heavy atom. The lowest BCUT2D eigenvalue weighted by molar-refractivity contribution is 0.138. The normalized spacial score (nSPS) is 24.4. The summed E-state index contributed by atoms with van der Waals surface area (Å²) in [5, 5.41) is 0. The van der Waals surface area contributed by atoms with Gasteiger partial charge in [0, 0.05) is 20.6 Å². The Morgan fingerprint density at radius 2 is 1.87 bits per heavy atom. The van der Waals surface area contributed by atoms with Crippen molar-refractivity contribution in [3.63, 3.8) is 0 Å². The quantitative estimate of drug-likeness (QED) is 0.677. The first kappa shape index (κ1) is 10.9. The van der Waals surface area contributed by atoms with Crippen LogP contribution in [0.3, 0.4) is 0 Å². The van der Waals surface area contributed by atoms with Gasteiger partial charge in [0.25, 0.3) is 0 Å². The van der Waals surface area contributed by atoms with Gasteiger partial charge in [0.2, 0.25) is 0 Å². The van der Waals surface area contributed by atoms with E-state index in [1.54, 1.807) is 14.2 Å². The van der Waals surface area contributed by atoms with Gasteiger partial charge in [-0.15, -0.1) is 0 Å². The molecule has 1 aliphatic carbocycles. The van der Waals surface area contributed by atoms with Gasteiger partial charge in [-0.05, 0) is 30.5 Å². The van der Waals surface area contributed by atoms with Crippen molar-refractivity contribution in [2.45, 2.75) is 32.1 Å². The Morgan fingerprint density at radius 1 is 1.13 bits per heavy atom. The lowest BCUT2D eigenvalue weighted by Gasteiger charge is -2.29. The van der Waals surface area contributed by atoms with E-state index in [4.69, 9.17) is 13.3 Å². The van der Waals surface area contributed by atoms with Gasteiger partial charge in [-0.3, -0.25) is 0 Å². The van der Waals surface area contributed by atoms with Crippen molar-refractivity contribution in [2.75, 3.05) is 14.2 Å². The van der Waals surface area contributed by atoms with Gasteiger partial charge in [0.15, 0.2) is 0 Å². The topological polar surface area (TPSA) is 27.7 Å². The van der Waals surface area contributed by atoms with E-state index in [1.807, 2.05) is 5.70 Å². The van der Waals surface area contributed by atoms with E-state index in [9.17, 15) is 0 Å². The highest BCUT2D eigenvalue weighted by Gasteiger charge is 2.41. The van der Waals surface area contributed by atoms with E-state index in [2.05, 4.69) is 6.08 Å². The van der Waals surface area contributed by atoms with Crippen molar-refractivity contribution in [2.24, 2.45) is 0 Å². The third kappa shape index (κ3) is 2.17. The second-order valence-electron chi connectivity index (χ2n) is 3.96. The molecule has 1 aliphatic heterocycles. The molecule has 0 saturated carbocycles. The maximum atomic E-state index is 5.94. The predicted octanol–water partition coefficient (Wildman–Crippen LogP) is 2.56. The van der Waals surface area contributed by atoms with Crippen LogP contribution in [-0.4, -0.2) is 23.0 Å². The van der Waals surface area contributed by atoms with Crippen LogP contribution in [-0.2, 0) is 13.3 Å². The maximum absolute atomic E-state index is 5.94. The molecule has 0 unspecified atom stereocenters. The highest BCUT2D eigenvalue weighted by molar-refractivity contribution is 6.66. The van der Waals surface area contributed by atoms with Crippen molar-refractivity contribution in [1.29, 1.82) is 0 Å². The average molecular weight is 226 g/mol. The lowest BCUT2D eigenvalue weighted by Crippen LogP contribution is -2.43. The summed E-state index contributed by atoms with van der Waals surface area (Å²) < 4.78 is 16.7. The molecule has 3 nitrogen and oxygen atoms in total. The molecule has 0 radical (unpaired) electrons. The van der Waals surface area contributed by atoms with Crippen LogP contribution >= 0.6 is 0 Å². The fourth-order valence-corrected chi connectivity index (χ4v) is 3.74. The molecule has 0 aromatic carbocycles. The van der Waals surface area contributed by atoms with E-state index in [0.29, 0.717) is 0 Å². The van der Waals surface area contributed by atoms with Gasteiger partial charge in [-0.2, -0.15) is 0 Å². The first-order chi connectivity index (χ1) is 7.29. The van der Waals surface area contributed by atoms with Crippen LogP contribution in [0.5, 0.6) is 0 Å². The van der Waals surface area contributed by atoms with Crippen LogP contribution in [0.1, 0.15) is 32.1 Å². The largest absolute Gasteiger partial charge is 0.594 e. The van der Waals surface area contributed by atoms with E-state index in [-0.39, 0.29) is 0 Å². The van der Waals surface area contributed by atoms with Gasteiger partial charge >= 0.3 is 8.80 Å². The molecule has 84 valence electrons. The molecule has 0 saturated heterocycles. The first-order valence-corrected chi connectivity index (χ1v) is 7.30. The zero-order valence-electron chi connectivity index (χ0n) is 9.41. The SMILES string of the molecule is CO[Si]1(OC)C=CC2=C(CCCCC2)O1. The van der Waals surface area contributed by atoms with Crippen LogP contribution in [0.15, 0.2) is 23.1 Å². The van der Waals surface area contributed by atoms with E-state index >= 15 is 0 Å². The summed E-state index contributed by atoms with van der Waals surface area (Å²) in [6.45, 7) is 0. The molecule has 0 aromatic heterocycles. The molecule has 0 aromatic rings. The minimum atomic E-state index is -2.50. The Kier molecular flexibility index (Phi) is 3.28. The molecule has 0 atom stereocenters. The van der Waals surface area contributed by atoms with E-state index < -0.39 is 8.80 Å². The molecule has 0 N–H and O–H groups in total. The highest BCUT2D eigenvalue weighted by Crippen LogP contribution is 2.32. The second kappa shape index (κ2) is 4.51. The standard InChI is InChI=1S/C11H18O3Si/c1-12-15(13-2)9-8-10-6-4-3-5-7-11(10)14-15/h8-9H,3-7H2,1-2H3. The summed E-state index contributed by atoms with van der Waals surface area (Å²) in [4.78, 5) is 0. The van der Waals surface area contributed by atoms with E-state index in [0.717, 1.165) is 18.6 Å². The Labute approximate surface area is 92.1 Å². The first-order valence-electron chi connectivity index (χ1n) is 5.50. The molecule has 15 heavy (non-hydrogen) atoms. The number of hydrogen-bond acceptors (Lipinski definition) is 3. The minimum Gasteiger partial charge on any atom is -0.501 e. The average Bonchev–Trinajstić information content (AvgIpc) is 2.52. The molecule has 2 aliphatic rings. The molecule has 0 amide bonds. The van der Waals surface area contributed by atoms with Crippen molar-refractivity contribution < 1.29 is 13.3 Å². The predicted molar refractivity (Wildman–Crippen MR) is 60.1 cm³/mol.